The Kier molecular flexibility index (Phi) is 6.54. The van der Waals surface area contributed by atoms with Crippen molar-refractivity contribution in [2.75, 3.05) is 27.7 Å². The molecule has 0 aromatic heterocycles. The molecule has 0 radical (unpaired) electrons. The van der Waals surface area contributed by atoms with Gasteiger partial charge in [0.25, 0.3) is 11.6 Å². The lowest BCUT2D eigenvalue weighted by Crippen LogP contribution is -2.34. The number of hydrogen-bond donors (Lipinski definition) is 1. The number of nitrogens with one attached hydrogen (secondary N) is 1. The fourth-order valence-corrected chi connectivity index (χ4v) is 2.78. The van der Waals surface area contributed by atoms with Gasteiger partial charge in [0, 0.05) is 23.7 Å². The summed E-state index contributed by atoms with van der Waals surface area (Å²) in [5, 5.41) is 13.8. The van der Waals surface area contributed by atoms with E-state index in [0.29, 0.717) is 6.54 Å². The highest BCUT2D eigenvalue weighted by molar-refractivity contribution is 6.32. The summed E-state index contributed by atoms with van der Waals surface area (Å²) in [5.41, 5.74) is 0.814. The predicted molar refractivity (Wildman–Crippen MR) is 99.9 cm³/mol. The minimum absolute atomic E-state index is 0.00765. The molecule has 7 nitrogen and oxygen atoms in total. The molecule has 0 aliphatic heterocycles. The van der Waals surface area contributed by atoms with Crippen LogP contribution in [0.15, 0.2) is 42.5 Å². The summed E-state index contributed by atoms with van der Waals surface area (Å²) in [5.74, 6) is 0.314. The maximum atomic E-state index is 12.4. The molecule has 0 aliphatic carbocycles. The zero-order chi connectivity index (χ0) is 19.3. The Morgan fingerprint density at radius 1 is 1.31 bits per heavy atom. The zero-order valence-electron chi connectivity index (χ0n) is 14.7. The molecule has 26 heavy (non-hydrogen) atoms. The van der Waals surface area contributed by atoms with Crippen molar-refractivity contribution in [2.24, 2.45) is 0 Å². The molecule has 1 N–H and O–H groups in total. The lowest BCUT2D eigenvalue weighted by molar-refractivity contribution is -0.384. The van der Waals surface area contributed by atoms with Gasteiger partial charge >= 0.3 is 0 Å². The maximum Gasteiger partial charge on any atom is 0.288 e. The highest BCUT2D eigenvalue weighted by atomic mass is 35.5. The Morgan fingerprint density at radius 2 is 2.00 bits per heavy atom. The molecule has 2 aromatic rings. The van der Waals surface area contributed by atoms with Crippen LogP contribution in [-0.2, 0) is 0 Å². The first-order valence-electron chi connectivity index (χ1n) is 7.86. The molecule has 0 spiro atoms. The van der Waals surface area contributed by atoms with Crippen LogP contribution in [0.2, 0.25) is 5.02 Å². The minimum Gasteiger partial charge on any atom is -0.496 e. The van der Waals surface area contributed by atoms with Crippen LogP contribution in [0, 0.1) is 10.1 Å². The lowest BCUT2D eigenvalue weighted by atomic mass is 10.0. The Balaban J connectivity index is 2.18. The molecule has 8 heteroatoms. The number of benzene rings is 2. The monoisotopic (exact) mass is 377 g/mol. The van der Waals surface area contributed by atoms with Crippen LogP contribution in [0.3, 0.4) is 0 Å². The molecule has 2 rings (SSSR count). The Hall–Kier alpha value is -2.64. The number of nitro benzene ring substituents is 1. The number of ether oxygens (including phenoxy) is 1. The van der Waals surface area contributed by atoms with Gasteiger partial charge in [-0.15, -0.1) is 0 Å². The summed E-state index contributed by atoms with van der Waals surface area (Å²) < 4.78 is 5.39. The van der Waals surface area contributed by atoms with Gasteiger partial charge in [0.05, 0.1) is 18.1 Å². The number of carbonyl (C=O) groups excluding carboxylic acids is 1. The van der Waals surface area contributed by atoms with E-state index in [1.165, 1.54) is 18.2 Å². The highest BCUT2D eigenvalue weighted by Crippen LogP contribution is 2.28. The van der Waals surface area contributed by atoms with Crippen molar-refractivity contribution in [3.05, 3.63) is 68.7 Å². The molecular weight excluding hydrogens is 358 g/mol. The number of rotatable bonds is 7. The van der Waals surface area contributed by atoms with Crippen molar-refractivity contribution in [1.29, 1.82) is 0 Å². The third-order valence-electron chi connectivity index (χ3n) is 3.98. The van der Waals surface area contributed by atoms with Gasteiger partial charge in [-0.1, -0.05) is 29.8 Å². The Labute approximate surface area is 156 Å². The average Bonchev–Trinajstić information content (AvgIpc) is 2.61. The van der Waals surface area contributed by atoms with Crippen molar-refractivity contribution in [2.45, 2.75) is 6.04 Å². The van der Waals surface area contributed by atoms with Gasteiger partial charge in [-0.05, 0) is 32.3 Å². The fraction of sp³-hybridized carbons (Fsp3) is 0.278. The number of nitrogens with zero attached hydrogens (tertiary/aromatic N) is 2. The van der Waals surface area contributed by atoms with Crippen LogP contribution >= 0.6 is 11.6 Å². The van der Waals surface area contributed by atoms with Crippen LogP contribution in [0.25, 0.3) is 0 Å². The van der Waals surface area contributed by atoms with Crippen LogP contribution < -0.4 is 10.1 Å². The van der Waals surface area contributed by atoms with Gasteiger partial charge in [-0.2, -0.15) is 0 Å². The van der Waals surface area contributed by atoms with Crippen molar-refractivity contribution in [1.82, 2.24) is 10.2 Å². The third kappa shape index (κ3) is 4.50. The van der Waals surface area contributed by atoms with E-state index < -0.39 is 10.8 Å². The minimum atomic E-state index is -0.615. The number of methoxy groups -OCH3 is 1. The van der Waals surface area contributed by atoms with Gasteiger partial charge in [-0.3, -0.25) is 14.9 Å². The van der Waals surface area contributed by atoms with Crippen LogP contribution in [0.1, 0.15) is 22.0 Å². The Bertz CT molecular complexity index is 811. The summed E-state index contributed by atoms with van der Waals surface area (Å²) in [6.07, 6.45) is 0. The highest BCUT2D eigenvalue weighted by Gasteiger charge is 2.21. The summed E-state index contributed by atoms with van der Waals surface area (Å²) in [6.45, 7) is 0.308. The largest absolute Gasteiger partial charge is 0.496 e. The van der Waals surface area contributed by atoms with E-state index in [9.17, 15) is 14.9 Å². The first-order chi connectivity index (χ1) is 12.3. The summed E-state index contributed by atoms with van der Waals surface area (Å²) in [7, 11) is 5.39. The molecule has 0 unspecified atom stereocenters. The van der Waals surface area contributed by atoms with Gasteiger partial charge in [0.2, 0.25) is 0 Å². The molecular formula is C18H20ClN3O4. The van der Waals surface area contributed by atoms with Gasteiger partial charge in [-0.25, -0.2) is 0 Å². The number of amides is 1. The van der Waals surface area contributed by atoms with Gasteiger partial charge in [0.15, 0.2) is 0 Å². The number of halogens is 1. The van der Waals surface area contributed by atoms with Crippen LogP contribution in [0.4, 0.5) is 5.69 Å². The second-order valence-corrected chi connectivity index (χ2v) is 6.26. The summed E-state index contributed by atoms with van der Waals surface area (Å²) in [4.78, 5) is 24.7. The quantitative estimate of drug-likeness (QED) is 0.591. The van der Waals surface area contributed by atoms with E-state index in [2.05, 4.69) is 5.32 Å². The van der Waals surface area contributed by atoms with Crippen molar-refractivity contribution in [3.63, 3.8) is 0 Å². The topological polar surface area (TPSA) is 84.7 Å². The molecule has 0 bridgehead atoms. The van der Waals surface area contributed by atoms with E-state index in [1.807, 2.05) is 43.3 Å². The lowest BCUT2D eigenvalue weighted by Gasteiger charge is -2.26. The van der Waals surface area contributed by atoms with Crippen LogP contribution in [0.5, 0.6) is 5.75 Å². The van der Waals surface area contributed by atoms with Gasteiger partial charge in [0.1, 0.15) is 10.8 Å². The van der Waals surface area contributed by atoms with Gasteiger partial charge < -0.3 is 15.0 Å². The number of hydrogen-bond acceptors (Lipinski definition) is 5. The zero-order valence-corrected chi connectivity index (χ0v) is 15.5. The second-order valence-electron chi connectivity index (χ2n) is 5.85. The average molecular weight is 378 g/mol. The molecule has 0 fully saturated rings. The van der Waals surface area contributed by atoms with E-state index in [-0.39, 0.29) is 22.3 Å². The first-order valence-corrected chi connectivity index (χ1v) is 8.24. The first kappa shape index (κ1) is 19.7. The molecule has 0 saturated carbocycles. The van der Waals surface area contributed by atoms with Crippen molar-refractivity contribution in [3.8, 4) is 5.75 Å². The molecule has 2 aromatic carbocycles. The Morgan fingerprint density at radius 3 is 2.62 bits per heavy atom. The molecule has 138 valence electrons. The second kappa shape index (κ2) is 8.64. The number of likely N-dealkylation sites (N-methyl/N-ethyl adjacent to an activating group) is 1. The molecule has 0 saturated heterocycles. The molecule has 1 amide bonds. The molecule has 0 aliphatic rings. The van der Waals surface area contributed by atoms with E-state index >= 15 is 0 Å². The number of carbonyl (C=O) groups is 1. The SMILES string of the molecule is COc1ccccc1[C@@H](CNC(=O)c1ccc(Cl)c([N+](=O)[O-])c1)N(C)C. The summed E-state index contributed by atoms with van der Waals surface area (Å²) >= 11 is 5.78. The van der Waals surface area contributed by atoms with Crippen LogP contribution in [-0.4, -0.2) is 43.5 Å². The smallest absolute Gasteiger partial charge is 0.288 e. The maximum absolute atomic E-state index is 12.4. The predicted octanol–water partition coefficient (Wildman–Crippen LogP) is 3.29. The normalized spacial score (nSPS) is 11.9. The standard InChI is InChI=1S/C18H20ClN3O4/c1-21(2)16(13-6-4-5-7-17(13)26-3)11-20-18(23)12-8-9-14(19)15(10-12)22(24)25/h4-10,16H,11H2,1-3H3,(H,20,23)/t16-/m1/s1. The molecule has 1 atom stereocenters. The third-order valence-corrected chi connectivity index (χ3v) is 4.30. The molecule has 0 heterocycles. The van der Waals surface area contributed by atoms with E-state index in [4.69, 9.17) is 16.3 Å². The number of para-hydroxylation sites is 1. The van der Waals surface area contributed by atoms with Crippen molar-refractivity contribution >= 4 is 23.2 Å². The van der Waals surface area contributed by atoms with E-state index in [0.717, 1.165) is 11.3 Å². The fourth-order valence-electron chi connectivity index (χ4n) is 2.60. The van der Waals surface area contributed by atoms with Crippen molar-refractivity contribution < 1.29 is 14.5 Å². The van der Waals surface area contributed by atoms with E-state index in [1.54, 1.807) is 7.11 Å². The number of nitro groups is 1. The summed E-state index contributed by atoms with van der Waals surface area (Å²) in [6, 6.07) is 11.4.